The second-order valence-corrected chi connectivity index (χ2v) is 4.70. The smallest absolute Gasteiger partial charge is 0.145 e. The summed E-state index contributed by atoms with van der Waals surface area (Å²) in [4.78, 5) is 4.50. The van der Waals surface area contributed by atoms with E-state index in [0.29, 0.717) is 12.0 Å². The zero-order chi connectivity index (χ0) is 10.6. The molecule has 1 unspecified atom stereocenters. The Bertz CT molecular complexity index is 270. The second-order valence-electron chi connectivity index (χ2n) is 3.86. The fourth-order valence-corrected chi connectivity index (χ4v) is 2.18. The first kappa shape index (κ1) is 11.6. The average Bonchev–Trinajstić information content (AvgIpc) is 2.53. The molecule has 14 heavy (non-hydrogen) atoms. The Balaban J connectivity index is 2.51. The van der Waals surface area contributed by atoms with Crippen molar-refractivity contribution in [2.45, 2.75) is 46.1 Å². The van der Waals surface area contributed by atoms with Crippen LogP contribution in [0.1, 0.15) is 44.4 Å². The number of hydrogen-bond donors (Lipinski definition) is 1. The zero-order valence-corrected chi connectivity index (χ0v) is 10.2. The molecule has 1 N–H and O–H groups in total. The van der Waals surface area contributed by atoms with E-state index in [1.54, 1.807) is 0 Å². The summed E-state index contributed by atoms with van der Waals surface area (Å²) in [5.41, 5.74) is 0. The Kier molecular flexibility index (Phi) is 4.48. The van der Waals surface area contributed by atoms with Crippen molar-refractivity contribution in [1.29, 1.82) is 0 Å². The number of nitrogens with zero attached hydrogens (tertiary/aromatic N) is 2. The third-order valence-corrected chi connectivity index (χ3v) is 2.78. The van der Waals surface area contributed by atoms with Gasteiger partial charge in [0.25, 0.3) is 0 Å². The molecule has 0 fully saturated rings. The van der Waals surface area contributed by atoms with Crippen LogP contribution >= 0.6 is 11.5 Å². The van der Waals surface area contributed by atoms with Crippen molar-refractivity contribution in [1.82, 2.24) is 14.7 Å². The van der Waals surface area contributed by atoms with Gasteiger partial charge in [0.05, 0.1) is 0 Å². The lowest BCUT2D eigenvalue weighted by Crippen LogP contribution is -2.27. The van der Waals surface area contributed by atoms with Crippen LogP contribution in [0.3, 0.4) is 0 Å². The normalized spacial score (nSPS) is 13.5. The van der Waals surface area contributed by atoms with Gasteiger partial charge < -0.3 is 5.32 Å². The zero-order valence-electron chi connectivity index (χ0n) is 9.37. The van der Waals surface area contributed by atoms with Gasteiger partial charge in [-0.3, -0.25) is 0 Å². The summed E-state index contributed by atoms with van der Waals surface area (Å²) < 4.78 is 4.33. The molecule has 0 aliphatic carbocycles. The maximum atomic E-state index is 4.50. The van der Waals surface area contributed by atoms with Gasteiger partial charge in [0.15, 0.2) is 0 Å². The number of hydrogen-bond acceptors (Lipinski definition) is 4. The molecule has 1 rings (SSSR count). The highest BCUT2D eigenvalue weighted by atomic mass is 32.1. The van der Waals surface area contributed by atoms with E-state index in [1.165, 1.54) is 11.5 Å². The third-order valence-electron chi connectivity index (χ3n) is 2.03. The van der Waals surface area contributed by atoms with Crippen molar-refractivity contribution >= 4 is 11.5 Å². The van der Waals surface area contributed by atoms with E-state index in [0.717, 1.165) is 23.8 Å². The van der Waals surface area contributed by atoms with E-state index >= 15 is 0 Å². The minimum absolute atomic E-state index is 0.439. The highest BCUT2D eigenvalue weighted by molar-refractivity contribution is 7.05. The lowest BCUT2D eigenvalue weighted by atomic mass is 10.2. The van der Waals surface area contributed by atoms with Gasteiger partial charge in [-0.1, -0.05) is 20.8 Å². The Morgan fingerprint density at radius 2 is 2.07 bits per heavy atom. The summed E-state index contributed by atoms with van der Waals surface area (Å²) in [5.74, 6) is 1.42. The predicted octanol–water partition coefficient (Wildman–Crippen LogP) is 2.20. The van der Waals surface area contributed by atoms with Gasteiger partial charge in [-0.05, 0) is 25.0 Å². The van der Waals surface area contributed by atoms with Gasteiger partial charge in [-0.25, -0.2) is 4.98 Å². The standard InChI is InChI=1S/C10H19N3S/c1-5-11-8(4)6-9-12-10(7(2)3)13-14-9/h7-8,11H,5-6H2,1-4H3. The minimum Gasteiger partial charge on any atom is -0.314 e. The molecule has 4 heteroatoms. The molecule has 1 atom stereocenters. The van der Waals surface area contributed by atoms with Crippen LogP contribution in [-0.4, -0.2) is 21.9 Å². The molecule has 0 bridgehead atoms. The molecule has 0 saturated heterocycles. The molecule has 0 aliphatic rings. The van der Waals surface area contributed by atoms with Crippen LogP contribution in [0.2, 0.25) is 0 Å². The maximum Gasteiger partial charge on any atom is 0.145 e. The first-order valence-corrected chi connectivity index (χ1v) is 5.96. The molecule has 1 aromatic rings. The van der Waals surface area contributed by atoms with Crippen molar-refractivity contribution < 1.29 is 0 Å². The van der Waals surface area contributed by atoms with Crippen molar-refractivity contribution in [3.05, 3.63) is 10.8 Å². The van der Waals surface area contributed by atoms with Gasteiger partial charge in [-0.2, -0.15) is 4.37 Å². The minimum atomic E-state index is 0.439. The van der Waals surface area contributed by atoms with Crippen LogP contribution in [0.25, 0.3) is 0 Å². The Morgan fingerprint density at radius 3 is 2.57 bits per heavy atom. The molecule has 1 heterocycles. The number of aromatic nitrogens is 2. The molecule has 0 saturated carbocycles. The molecule has 80 valence electrons. The molecule has 3 nitrogen and oxygen atoms in total. The number of likely N-dealkylation sites (N-methyl/N-ethyl adjacent to an activating group) is 1. The molecule has 0 aromatic carbocycles. The molecule has 0 spiro atoms. The summed E-state index contributed by atoms with van der Waals surface area (Å²) in [5, 5.41) is 4.51. The van der Waals surface area contributed by atoms with E-state index in [-0.39, 0.29) is 0 Å². The second kappa shape index (κ2) is 5.41. The first-order valence-electron chi connectivity index (χ1n) is 5.19. The molecule has 0 amide bonds. The lowest BCUT2D eigenvalue weighted by Gasteiger charge is -2.08. The summed E-state index contributed by atoms with van der Waals surface area (Å²) in [6.45, 7) is 9.56. The Labute approximate surface area is 90.1 Å². The highest BCUT2D eigenvalue weighted by Crippen LogP contribution is 2.14. The fraction of sp³-hybridized carbons (Fsp3) is 0.800. The largest absolute Gasteiger partial charge is 0.314 e. The van der Waals surface area contributed by atoms with Crippen LogP contribution < -0.4 is 5.32 Å². The Hall–Kier alpha value is -0.480. The quantitative estimate of drug-likeness (QED) is 0.815. The van der Waals surface area contributed by atoms with Crippen molar-refractivity contribution in [2.24, 2.45) is 0 Å². The predicted molar refractivity (Wildman–Crippen MR) is 60.8 cm³/mol. The lowest BCUT2D eigenvalue weighted by molar-refractivity contribution is 0.563. The summed E-state index contributed by atoms with van der Waals surface area (Å²) in [6.07, 6.45) is 0.984. The van der Waals surface area contributed by atoms with Crippen molar-refractivity contribution in [3.63, 3.8) is 0 Å². The monoisotopic (exact) mass is 213 g/mol. The molecular weight excluding hydrogens is 194 g/mol. The van der Waals surface area contributed by atoms with Crippen molar-refractivity contribution in [3.8, 4) is 0 Å². The molecule has 0 radical (unpaired) electrons. The third kappa shape index (κ3) is 3.35. The van der Waals surface area contributed by atoms with Crippen LogP contribution in [0.15, 0.2) is 0 Å². The van der Waals surface area contributed by atoms with E-state index in [9.17, 15) is 0 Å². The van der Waals surface area contributed by atoms with Crippen molar-refractivity contribution in [2.75, 3.05) is 6.54 Å². The van der Waals surface area contributed by atoms with E-state index in [1.807, 2.05) is 0 Å². The van der Waals surface area contributed by atoms with Crippen LogP contribution in [-0.2, 0) is 6.42 Å². The number of nitrogens with one attached hydrogen (secondary N) is 1. The first-order chi connectivity index (χ1) is 6.63. The Morgan fingerprint density at radius 1 is 1.36 bits per heavy atom. The fourth-order valence-electron chi connectivity index (χ4n) is 1.27. The topological polar surface area (TPSA) is 37.8 Å². The van der Waals surface area contributed by atoms with Crippen LogP contribution in [0.4, 0.5) is 0 Å². The maximum absolute atomic E-state index is 4.50. The summed E-state index contributed by atoms with van der Waals surface area (Å²) >= 11 is 1.53. The van der Waals surface area contributed by atoms with Crippen LogP contribution in [0.5, 0.6) is 0 Å². The summed E-state index contributed by atoms with van der Waals surface area (Å²) in [7, 11) is 0. The van der Waals surface area contributed by atoms with Crippen LogP contribution in [0, 0.1) is 0 Å². The molecular formula is C10H19N3S. The van der Waals surface area contributed by atoms with Gasteiger partial charge >= 0.3 is 0 Å². The number of rotatable bonds is 5. The summed E-state index contributed by atoms with van der Waals surface area (Å²) in [6, 6.07) is 0.493. The molecule has 1 aromatic heterocycles. The van der Waals surface area contributed by atoms with Gasteiger partial charge in [-0.15, -0.1) is 0 Å². The van der Waals surface area contributed by atoms with E-state index in [2.05, 4.69) is 42.4 Å². The highest BCUT2D eigenvalue weighted by Gasteiger charge is 2.09. The molecule has 0 aliphatic heterocycles. The van der Waals surface area contributed by atoms with Gasteiger partial charge in [0, 0.05) is 18.4 Å². The van der Waals surface area contributed by atoms with E-state index in [4.69, 9.17) is 0 Å². The van der Waals surface area contributed by atoms with E-state index < -0.39 is 0 Å². The van der Waals surface area contributed by atoms with Gasteiger partial charge in [0.1, 0.15) is 10.8 Å². The average molecular weight is 213 g/mol. The van der Waals surface area contributed by atoms with Gasteiger partial charge in [0.2, 0.25) is 0 Å². The SMILES string of the molecule is CCNC(C)Cc1nc(C(C)C)ns1.